The van der Waals surface area contributed by atoms with Gasteiger partial charge in [0.05, 0.1) is 35.6 Å². The van der Waals surface area contributed by atoms with E-state index in [1.807, 2.05) is 0 Å². The number of carbonyl (C=O) groups is 2. The van der Waals surface area contributed by atoms with Gasteiger partial charge in [0.25, 0.3) is 0 Å². The summed E-state index contributed by atoms with van der Waals surface area (Å²) in [7, 11) is 0. The number of rotatable bonds is 5. The number of hydrogen-bond acceptors (Lipinski definition) is 5. The van der Waals surface area contributed by atoms with Gasteiger partial charge in [0.2, 0.25) is 0 Å². The zero-order chi connectivity index (χ0) is 18.6. The van der Waals surface area contributed by atoms with Crippen LogP contribution in [-0.4, -0.2) is 38.2 Å². The first kappa shape index (κ1) is 19.1. The molecule has 0 N–H and O–H groups in total. The van der Waals surface area contributed by atoms with Crippen LogP contribution in [0.3, 0.4) is 0 Å². The van der Waals surface area contributed by atoms with Gasteiger partial charge in [0.15, 0.2) is 0 Å². The van der Waals surface area contributed by atoms with Crippen molar-refractivity contribution in [2.24, 2.45) is 0 Å². The molecule has 1 aliphatic heterocycles. The van der Waals surface area contributed by atoms with Crippen LogP contribution in [0.5, 0.6) is 0 Å². The first-order valence-electron chi connectivity index (χ1n) is 8.14. The Morgan fingerprint density at radius 3 is 2.12 bits per heavy atom. The number of esters is 2. The molecule has 1 aromatic carbocycles. The number of ether oxygens (including phenoxy) is 2. The van der Waals surface area contributed by atoms with Gasteiger partial charge in [-0.3, -0.25) is 0 Å². The summed E-state index contributed by atoms with van der Waals surface area (Å²) in [6.45, 7) is 3.95. The molecule has 1 aliphatic rings. The molecule has 0 atom stereocenters. The number of alkyl halides is 3. The number of nitrogens with zero attached hydrogens (tertiary/aromatic N) is 1. The van der Waals surface area contributed by atoms with Crippen molar-refractivity contribution in [2.45, 2.75) is 32.9 Å². The summed E-state index contributed by atoms with van der Waals surface area (Å²) in [4.78, 5) is 26.0. The van der Waals surface area contributed by atoms with Crippen molar-refractivity contribution in [3.05, 3.63) is 28.8 Å². The third kappa shape index (κ3) is 4.05. The molecule has 0 saturated carbocycles. The van der Waals surface area contributed by atoms with E-state index in [1.54, 1.807) is 4.90 Å². The lowest BCUT2D eigenvalue weighted by Crippen LogP contribution is -2.27. The molecule has 2 rings (SSSR count). The number of hydrogen-bond donors (Lipinski definition) is 0. The van der Waals surface area contributed by atoms with E-state index in [0.29, 0.717) is 13.1 Å². The van der Waals surface area contributed by atoms with Crippen molar-refractivity contribution < 1.29 is 32.2 Å². The van der Waals surface area contributed by atoms with Crippen molar-refractivity contribution in [3.8, 4) is 0 Å². The highest BCUT2D eigenvalue weighted by Gasteiger charge is 2.42. The van der Waals surface area contributed by atoms with Gasteiger partial charge in [-0.05, 0) is 38.8 Å². The minimum atomic E-state index is -4.90. The van der Waals surface area contributed by atoms with Crippen LogP contribution in [0, 0.1) is 0 Å². The van der Waals surface area contributed by atoms with Crippen molar-refractivity contribution in [1.29, 1.82) is 0 Å². The number of halogens is 3. The predicted octanol–water partition coefficient (Wildman–Crippen LogP) is 3.66. The van der Waals surface area contributed by atoms with Crippen molar-refractivity contribution in [1.82, 2.24) is 0 Å². The van der Waals surface area contributed by atoms with E-state index in [4.69, 9.17) is 9.47 Å². The van der Waals surface area contributed by atoms with Crippen LogP contribution >= 0.6 is 0 Å². The molecule has 8 heteroatoms. The Hall–Kier alpha value is -2.25. The largest absolute Gasteiger partial charge is 0.462 e. The number of anilines is 1. The molecular formula is C17H20F3NO4. The first-order valence-corrected chi connectivity index (χ1v) is 8.14. The quantitative estimate of drug-likeness (QED) is 0.751. The van der Waals surface area contributed by atoms with Gasteiger partial charge in [-0.2, -0.15) is 13.2 Å². The lowest BCUT2D eigenvalue weighted by atomic mass is 9.97. The molecule has 138 valence electrons. The minimum absolute atomic E-state index is 0.0702. The van der Waals surface area contributed by atoms with Crippen molar-refractivity contribution >= 4 is 17.6 Å². The van der Waals surface area contributed by atoms with E-state index < -0.39 is 34.8 Å². The second-order valence-electron chi connectivity index (χ2n) is 5.52. The molecular weight excluding hydrogens is 339 g/mol. The van der Waals surface area contributed by atoms with Crippen LogP contribution in [-0.2, 0) is 15.7 Å². The highest BCUT2D eigenvalue weighted by atomic mass is 19.4. The van der Waals surface area contributed by atoms with Gasteiger partial charge < -0.3 is 14.4 Å². The summed E-state index contributed by atoms with van der Waals surface area (Å²) in [6, 6.07) is 2.43. The van der Waals surface area contributed by atoms with Crippen LogP contribution in [0.1, 0.15) is 53.0 Å². The molecule has 25 heavy (non-hydrogen) atoms. The summed E-state index contributed by atoms with van der Waals surface area (Å²) >= 11 is 0. The van der Waals surface area contributed by atoms with E-state index >= 15 is 0 Å². The zero-order valence-corrected chi connectivity index (χ0v) is 14.1. The lowest BCUT2D eigenvalue weighted by Gasteiger charge is -2.24. The third-order valence-corrected chi connectivity index (χ3v) is 3.89. The molecule has 1 aromatic rings. The molecule has 0 aliphatic carbocycles. The van der Waals surface area contributed by atoms with Crippen molar-refractivity contribution in [3.63, 3.8) is 0 Å². The van der Waals surface area contributed by atoms with Crippen LogP contribution in [0.15, 0.2) is 12.1 Å². The molecule has 1 fully saturated rings. The SMILES string of the molecule is CCOC(=O)c1ccc(N2CCCC2)c(C(=O)OCC)c1C(F)(F)F. The predicted molar refractivity (Wildman–Crippen MR) is 84.8 cm³/mol. The summed E-state index contributed by atoms with van der Waals surface area (Å²) in [5.41, 5.74) is -2.47. The maximum Gasteiger partial charge on any atom is 0.418 e. The van der Waals surface area contributed by atoms with Crippen LogP contribution in [0.4, 0.5) is 18.9 Å². The summed E-state index contributed by atoms with van der Waals surface area (Å²) in [5.74, 6) is -2.21. The second kappa shape index (κ2) is 7.76. The maximum atomic E-state index is 13.7. The standard InChI is InChI=1S/C17H20F3NO4/c1-3-24-15(22)11-7-8-12(21-9-5-6-10-21)13(16(23)25-4-2)14(11)17(18,19)20/h7-8H,3-6,9-10H2,1-2H3. The van der Waals surface area contributed by atoms with Gasteiger partial charge >= 0.3 is 18.1 Å². The van der Waals surface area contributed by atoms with E-state index in [-0.39, 0.29) is 18.9 Å². The highest BCUT2D eigenvalue weighted by Crippen LogP contribution is 2.40. The normalized spacial score (nSPS) is 14.5. The average molecular weight is 359 g/mol. The molecule has 0 spiro atoms. The molecule has 0 aromatic heterocycles. The van der Waals surface area contributed by atoms with E-state index in [9.17, 15) is 22.8 Å². The van der Waals surface area contributed by atoms with Gasteiger partial charge in [-0.1, -0.05) is 0 Å². The molecule has 1 heterocycles. The molecule has 1 saturated heterocycles. The lowest BCUT2D eigenvalue weighted by molar-refractivity contribution is -0.138. The fraction of sp³-hybridized carbons (Fsp3) is 0.529. The van der Waals surface area contributed by atoms with Crippen molar-refractivity contribution in [2.75, 3.05) is 31.2 Å². The molecule has 0 bridgehead atoms. The maximum absolute atomic E-state index is 13.7. The smallest absolute Gasteiger partial charge is 0.418 e. The summed E-state index contributed by atoms with van der Waals surface area (Å²) < 4.78 is 50.8. The Labute approximate surface area is 143 Å². The van der Waals surface area contributed by atoms with E-state index in [0.717, 1.165) is 18.9 Å². The molecule has 0 radical (unpaired) electrons. The topological polar surface area (TPSA) is 55.8 Å². The van der Waals surface area contributed by atoms with Gasteiger partial charge in [-0.15, -0.1) is 0 Å². The average Bonchev–Trinajstić information content (AvgIpc) is 3.07. The third-order valence-electron chi connectivity index (χ3n) is 3.89. The molecule has 0 unspecified atom stereocenters. The monoisotopic (exact) mass is 359 g/mol. The minimum Gasteiger partial charge on any atom is -0.462 e. The van der Waals surface area contributed by atoms with Crippen LogP contribution in [0.25, 0.3) is 0 Å². The molecule has 0 amide bonds. The van der Waals surface area contributed by atoms with Crippen LogP contribution < -0.4 is 4.90 Å². The van der Waals surface area contributed by atoms with E-state index in [1.165, 1.54) is 19.9 Å². The Morgan fingerprint density at radius 1 is 1.04 bits per heavy atom. The Balaban J connectivity index is 2.71. The fourth-order valence-corrected chi connectivity index (χ4v) is 2.90. The number of carbonyl (C=O) groups excluding carboxylic acids is 2. The second-order valence-corrected chi connectivity index (χ2v) is 5.52. The first-order chi connectivity index (χ1) is 11.8. The van der Waals surface area contributed by atoms with Gasteiger partial charge in [-0.25, -0.2) is 9.59 Å². The zero-order valence-electron chi connectivity index (χ0n) is 14.1. The summed E-state index contributed by atoms with van der Waals surface area (Å²) in [6.07, 6.45) is -3.26. The molecule has 5 nitrogen and oxygen atoms in total. The summed E-state index contributed by atoms with van der Waals surface area (Å²) in [5, 5.41) is 0. The Bertz CT molecular complexity index is 652. The highest BCUT2D eigenvalue weighted by molar-refractivity contribution is 6.03. The van der Waals surface area contributed by atoms with Gasteiger partial charge in [0.1, 0.15) is 0 Å². The van der Waals surface area contributed by atoms with E-state index in [2.05, 4.69) is 0 Å². The fourth-order valence-electron chi connectivity index (χ4n) is 2.90. The Morgan fingerprint density at radius 2 is 1.60 bits per heavy atom. The number of benzene rings is 1. The van der Waals surface area contributed by atoms with Crippen LogP contribution in [0.2, 0.25) is 0 Å². The Kier molecular flexibility index (Phi) is 5.92. The van der Waals surface area contributed by atoms with Gasteiger partial charge in [0, 0.05) is 13.1 Å².